The Morgan fingerprint density at radius 1 is 1.17 bits per heavy atom. The number of methoxy groups -OCH3 is 1. The van der Waals surface area contributed by atoms with E-state index in [1.807, 2.05) is 0 Å². The van der Waals surface area contributed by atoms with Crippen molar-refractivity contribution < 1.29 is 43.9 Å². The highest BCUT2D eigenvalue weighted by atomic mass is 19.1. The molecule has 4 N–H and O–H groups in total. The Hall–Kier alpha value is -3.30. The summed E-state index contributed by atoms with van der Waals surface area (Å²) in [4.78, 5) is 38.1. The van der Waals surface area contributed by atoms with Gasteiger partial charge in [-0.25, -0.2) is 4.39 Å². The second-order valence-corrected chi connectivity index (χ2v) is 7.37. The van der Waals surface area contributed by atoms with Gasteiger partial charge in [-0.2, -0.15) is 0 Å². The van der Waals surface area contributed by atoms with Gasteiger partial charge < -0.3 is 25.2 Å². The minimum atomic E-state index is -2.33. The molecule has 2 aromatic carbocycles. The summed E-state index contributed by atoms with van der Waals surface area (Å²) in [5, 5.41) is 42.6. The average Bonchev–Trinajstić information content (AvgIpc) is 2.72. The molecule has 2 aromatic rings. The molecule has 0 bridgehead atoms. The highest BCUT2D eigenvalue weighted by Crippen LogP contribution is 2.50. The summed E-state index contributed by atoms with van der Waals surface area (Å²) in [6.07, 6.45) is -2.97. The number of hydrogen-bond acceptors (Lipinski definition) is 8. The second kappa shape index (κ2) is 6.61. The van der Waals surface area contributed by atoms with Crippen molar-refractivity contribution in [1.29, 1.82) is 0 Å². The fraction of sp³-hybridized carbons (Fsp3) is 0.286. The number of hydrogen-bond donors (Lipinski definition) is 4. The Labute approximate surface area is 169 Å². The molecule has 2 aliphatic carbocycles. The lowest BCUT2D eigenvalue weighted by Crippen LogP contribution is -2.46. The summed E-state index contributed by atoms with van der Waals surface area (Å²) < 4.78 is 18.1. The number of halogens is 1. The Morgan fingerprint density at radius 3 is 2.47 bits per heavy atom. The van der Waals surface area contributed by atoms with Crippen LogP contribution >= 0.6 is 0 Å². The predicted molar refractivity (Wildman–Crippen MR) is 98.8 cm³/mol. The predicted octanol–water partition coefficient (Wildman–Crippen LogP) is 1.13. The smallest absolute Gasteiger partial charge is 0.202 e. The average molecular weight is 416 g/mol. The van der Waals surface area contributed by atoms with E-state index in [-0.39, 0.29) is 28.0 Å². The molecular formula is C21H17FO8. The molecule has 30 heavy (non-hydrogen) atoms. The van der Waals surface area contributed by atoms with Gasteiger partial charge in [-0.15, -0.1) is 0 Å². The van der Waals surface area contributed by atoms with Gasteiger partial charge in [0.15, 0.2) is 18.2 Å². The molecule has 2 aliphatic rings. The zero-order valence-electron chi connectivity index (χ0n) is 15.7. The van der Waals surface area contributed by atoms with Crippen LogP contribution in [0.25, 0.3) is 0 Å². The molecule has 8 nitrogen and oxygen atoms in total. The van der Waals surface area contributed by atoms with Gasteiger partial charge in [-0.3, -0.25) is 14.4 Å². The van der Waals surface area contributed by atoms with Crippen LogP contribution in [0.4, 0.5) is 4.39 Å². The monoisotopic (exact) mass is 416 g/mol. The number of carbonyl (C=O) groups excluding carboxylic acids is 3. The third-order valence-electron chi connectivity index (χ3n) is 5.74. The molecule has 0 unspecified atom stereocenters. The number of rotatable bonds is 3. The van der Waals surface area contributed by atoms with Crippen LogP contribution in [0.15, 0.2) is 18.2 Å². The maximum absolute atomic E-state index is 13.1. The molecule has 4 rings (SSSR count). The van der Waals surface area contributed by atoms with Crippen molar-refractivity contribution >= 4 is 17.3 Å². The van der Waals surface area contributed by atoms with E-state index in [4.69, 9.17) is 4.74 Å². The molecule has 0 aliphatic heterocycles. The Bertz CT molecular complexity index is 1140. The Kier molecular flexibility index (Phi) is 4.41. The SMILES string of the molecule is COc1cccc2c1C(=O)c1c(O)c3c(c(O)c1C2=O)C[C@@](O)(C(=O)CF)C[C@@H]3O. The van der Waals surface area contributed by atoms with Crippen molar-refractivity contribution in [2.75, 3.05) is 13.8 Å². The number of aromatic hydroxyl groups is 2. The number of ketones is 3. The fourth-order valence-electron chi connectivity index (χ4n) is 4.28. The molecule has 0 fully saturated rings. The number of phenolic OH excluding ortho intramolecular Hbond substituents is 2. The fourth-order valence-corrected chi connectivity index (χ4v) is 4.28. The second-order valence-electron chi connectivity index (χ2n) is 7.37. The minimum absolute atomic E-state index is 0.0621. The third-order valence-corrected chi connectivity index (χ3v) is 5.74. The van der Waals surface area contributed by atoms with Crippen molar-refractivity contribution in [3.05, 3.63) is 51.6 Å². The molecule has 0 amide bonds. The highest BCUT2D eigenvalue weighted by molar-refractivity contribution is 6.31. The van der Waals surface area contributed by atoms with Crippen LogP contribution in [0, 0.1) is 0 Å². The lowest BCUT2D eigenvalue weighted by atomic mass is 9.72. The van der Waals surface area contributed by atoms with Gasteiger partial charge in [-0.05, 0) is 6.07 Å². The summed E-state index contributed by atoms with van der Waals surface area (Å²) in [6, 6.07) is 4.29. The number of Topliss-reactive ketones (excluding diaryl/α,β-unsaturated/α-hetero) is 1. The summed E-state index contributed by atoms with van der Waals surface area (Å²) in [5.41, 5.74) is -4.09. The number of aliphatic hydroxyl groups is 2. The van der Waals surface area contributed by atoms with Crippen LogP contribution < -0.4 is 4.74 Å². The molecule has 0 radical (unpaired) electrons. The van der Waals surface area contributed by atoms with E-state index in [9.17, 15) is 39.2 Å². The van der Waals surface area contributed by atoms with Gasteiger partial charge >= 0.3 is 0 Å². The third kappa shape index (κ3) is 2.49. The number of phenols is 2. The van der Waals surface area contributed by atoms with Gasteiger partial charge in [0.25, 0.3) is 0 Å². The normalized spacial score (nSPS) is 22.2. The number of fused-ring (bicyclic) bond motifs is 3. The first-order valence-electron chi connectivity index (χ1n) is 9.03. The molecule has 156 valence electrons. The zero-order valence-corrected chi connectivity index (χ0v) is 15.7. The van der Waals surface area contributed by atoms with Crippen molar-refractivity contribution in [2.45, 2.75) is 24.5 Å². The largest absolute Gasteiger partial charge is 0.507 e. The van der Waals surface area contributed by atoms with Crippen LogP contribution in [-0.4, -0.2) is 57.2 Å². The van der Waals surface area contributed by atoms with Crippen LogP contribution in [-0.2, 0) is 11.2 Å². The van der Waals surface area contributed by atoms with Crippen LogP contribution in [0.3, 0.4) is 0 Å². The first-order chi connectivity index (χ1) is 14.2. The molecule has 0 aromatic heterocycles. The lowest BCUT2D eigenvalue weighted by Gasteiger charge is -2.36. The summed E-state index contributed by atoms with van der Waals surface area (Å²) in [6.45, 7) is -1.50. The molecule has 0 saturated carbocycles. The first-order valence-corrected chi connectivity index (χ1v) is 9.03. The van der Waals surface area contributed by atoms with Gasteiger partial charge in [0.05, 0.1) is 29.9 Å². The van der Waals surface area contributed by atoms with E-state index in [2.05, 4.69) is 0 Å². The van der Waals surface area contributed by atoms with Crippen molar-refractivity contribution in [1.82, 2.24) is 0 Å². The number of alkyl halides is 1. The lowest BCUT2D eigenvalue weighted by molar-refractivity contribution is -0.142. The first kappa shape index (κ1) is 20.0. The van der Waals surface area contributed by atoms with Gasteiger partial charge in [0.1, 0.15) is 22.8 Å². The van der Waals surface area contributed by atoms with Crippen LogP contribution in [0.2, 0.25) is 0 Å². The van der Waals surface area contributed by atoms with Crippen molar-refractivity contribution in [3.8, 4) is 17.2 Å². The molecule has 0 heterocycles. The van der Waals surface area contributed by atoms with Gasteiger partial charge in [0, 0.05) is 29.5 Å². The van der Waals surface area contributed by atoms with Crippen molar-refractivity contribution in [2.24, 2.45) is 0 Å². The maximum Gasteiger partial charge on any atom is 0.202 e. The number of carbonyl (C=O) groups is 3. The van der Waals surface area contributed by atoms with Crippen LogP contribution in [0.5, 0.6) is 17.2 Å². The molecule has 9 heteroatoms. The number of benzene rings is 2. The Balaban J connectivity index is 2.01. The molecule has 0 spiro atoms. The van der Waals surface area contributed by atoms with E-state index in [0.29, 0.717) is 0 Å². The Morgan fingerprint density at radius 2 is 1.83 bits per heavy atom. The van der Waals surface area contributed by atoms with Gasteiger partial charge in [-0.1, -0.05) is 12.1 Å². The number of aliphatic hydroxyl groups excluding tert-OH is 1. The topological polar surface area (TPSA) is 141 Å². The molecular weight excluding hydrogens is 399 g/mol. The van der Waals surface area contributed by atoms with E-state index in [1.54, 1.807) is 0 Å². The summed E-state index contributed by atoms with van der Waals surface area (Å²) >= 11 is 0. The van der Waals surface area contributed by atoms with Gasteiger partial charge in [0.2, 0.25) is 5.78 Å². The zero-order chi connectivity index (χ0) is 22.0. The van der Waals surface area contributed by atoms with Crippen LogP contribution in [0.1, 0.15) is 55.5 Å². The van der Waals surface area contributed by atoms with E-state index < -0.39 is 71.2 Å². The highest BCUT2D eigenvalue weighted by Gasteiger charge is 2.48. The van der Waals surface area contributed by atoms with E-state index in [1.165, 1.54) is 25.3 Å². The quantitative estimate of drug-likeness (QED) is 0.466. The summed E-state index contributed by atoms with van der Waals surface area (Å²) in [7, 11) is 1.31. The standard InChI is InChI=1S/C21H17FO8/c1-30-11-4-2-3-8-14(11)20(28)16-15(17(8)25)18(26)9-5-21(29,12(24)7-22)6-10(23)13(9)19(16)27/h2-4,10,23,26-27,29H,5-7H2,1H3/t10-,21-/m0/s1. The van der Waals surface area contributed by atoms with E-state index in [0.717, 1.165) is 0 Å². The molecule has 0 saturated heterocycles. The minimum Gasteiger partial charge on any atom is -0.507 e. The maximum atomic E-state index is 13.1. The molecule has 2 atom stereocenters. The van der Waals surface area contributed by atoms with Crippen molar-refractivity contribution in [3.63, 3.8) is 0 Å². The van der Waals surface area contributed by atoms with E-state index >= 15 is 0 Å². The number of ether oxygens (including phenoxy) is 1. The summed E-state index contributed by atoms with van der Waals surface area (Å²) in [5.74, 6) is -4.18.